The lowest BCUT2D eigenvalue weighted by Crippen LogP contribution is -2.39. The zero-order valence-electron chi connectivity index (χ0n) is 15.2. The van der Waals surface area contributed by atoms with Crippen LogP contribution in [0.1, 0.15) is 37.8 Å². The molecule has 24 heavy (non-hydrogen) atoms. The molecule has 0 bridgehead atoms. The summed E-state index contributed by atoms with van der Waals surface area (Å²) < 4.78 is 11.4. The van der Waals surface area contributed by atoms with Crippen LogP contribution in [0.25, 0.3) is 0 Å². The van der Waals surface area contributed by atoms with Gasteiger partial charge in [-0.25, -0.2) is 4.99 Å². The Labute approximate surface area is 145 Å². The molecule has 1 fully saturated rings. The topological polar surface area (TPSA) is 54.9 Å². The van der Waals surface area contributed by atoms with Crippen LogP contribution in [0.5, 0.6) is 5.75 Å². The van der Waals surface area contributed by atoms with E-state index < -0.39 is 0 Å². The molecular formula is C19H31N3O2. The van der Waals surface area contributed by atoms with Crippen LogP contribution in [-0.4, -0.2) is 38.9 Å². The van der Waals surface area contributed by atoms with Gasteiger partial charge in [-0.05, 0) is 51.2 Å². The van der Waals surface area contributed by atoms with E-state index in [0.717, 1.165) is 49.5 Å². The average molecular weight is 333 g/mol. The third kappa shape index (κ3) is 6.79. The van der Waals surface area contributed by atoms with Gasteiger partial charge in [-0.2, -0.15) is 0 Å². The Morgan fingerprint density at radius 3 is 2.79 bits per heavy atom. The van der Waals surface area contributed by atoms with Crippen LogP contribution in [0.2, 0.25) is 0 Å². The van der Waals surface area contributed by atoms with Crippen molar-refractivity contribution in [1.82, 2.24) is 10.6 Å². The summed E-state index contributed by atoms with van der Waals surface area (Å²) in [6, 6.07) is 6.26. The van der Waals surface area contributed by atoms with E-state index in [1.165, 1.54) is 18.4 Å². The maximum Gasteiger partial charge on any atom is 0.191 e. The number of nitrogens with one attached hydrogen (secondary N) is 2. The maximum atomic E-state index is 5.72. The summed E-state index contributed by atoms with van der Waals surface area (Å²) in [6.45, 7) is 10.6. The molecule has 134 valence electrons. The summed E-state index contributed by atoms with van der Waals surface area (Å²) >= 11 is 0. The molecule has 1 aromatic rings. The molecule has 1 aliphatic carbocycles. The predicted octanol–water partition coefficient (Wildman–Crippen LogP) is 2.88. The van der Waals surface area contributed by atoms with Gasteiger partial charge in [0.25, 0.3) is 0 Å². The molecule has 0 saturated heterocycles. The van der Waals surface area contributed by atoms with E-state index in [2.05, 4.69) is 47.7 Å². The number of rotatable bonds is 10. The number of hydrogen-bond donors (Lipinski definition) is 2. The largest absolute Gasteiger partial charge is 0.494 e. The molecule has 0 unspecified atom stereocenters. The Morgan fingerprint density at radius 2 is 2.08 bits per heavy atom. The Kier molecular flexibility index (Phi) is 7.89. The SMILES string of the molecule is CCNC(=NCc1ccc(C)cc1OCC)NCCOCC1CC1. The van der Waals surface area contributed by atoms with Gasteiger partial charge in [0.2, 0.25) is 0 Å². The summed E-state index contributed by atoms with van der Waals surface area (Å²) in [5.41, 5.74) is 2.30. The Balaban J connectivity index is 1.84. The molecule has 0 aliphatic heterocycles. The summed E-state index contributed by atoms with van der Waals surface area (Å²) in [5, 5.41) is 6.59. The number of aryl methyl sites for hydroxylation is 1. The number of aliphatic imine (C=N–C) groups is 1. The average Bonchev–Trinajstić information content (AvgIpc) is 3.38. The smallest absolute Gasteiger partial charge is 0.191 e. The first kappa shape index (κ1) is 18.6. The second kappa shape index (κ2) is 10.2. The number of nitrogens with zero attached hydrogens (tertiary/aromatic N) is 1. The minimum atomic E-state index is 0.591. The fourth-order valence-corrected chi connectivity index (χ4v) is 2.36. The molecule has 0 amide bonds. The van der Waals surface area contributed by atoms with E-state index in [-0.39, 0.29) is 0 Å². The molecule has 0 atom stereocenters. The monoisotopic (exact) mass is 333 g/mol. The van der Waals surface area contributed by atoms with Crippen LogP contribution in [0, 0.1) is 12.8 Å². The first-order chi connectivity index (χ1) is 11.7. The summed E-state index contributed by atoms with van der Waals surface area (Å²) in [5.74, 6) is 2.55. The van der Waals surface area contributed by atoms with Crippen molar-refractivity contribution in [3.63, 3.8) is 0 Å². The van der Waals surface area contributed by atoms with Crippen LogP contribution in [0.3, 0.4) is 0 Å². The van der Waals surface area contributed by atoms with Crippen LogP contribution in [-0.2, 0) is 11.3 Å². The number of ether oxygens (including phenoxy) is 2. The van der Waals surface area contributed by atoms with E-state index in [1.54, 1.807) is 0 Å². The Morgan fingerprint density at radius 1 is 1.25 bits per heavy atom. The van der Waals surface area contributed by atoms with Crippen molar-refractivity contribution >= 4 is 5.96 Å². The molecule has 1 aromatic carbocycles. The highest BCUT2D eigenvalue weighted by Crippen LogP contribution is 2.28. The zero-order chi connectivity index (χ0) is 17.2. The molecular weight excluding hydrogens is 302 g/mol. The maximum absolute atomic E-state index is 5.72. The van der Waals surface area contributed by atoms with Gasteiger partial charge in [-0.3, -0.25) is 0 Å². The lowest BCUT2D eigenvalue weighted by Gasteiger charge is -2.13. The van der Waals surface area contributed by atoms with Crippen molar-refractivity contribution in [3.05, 3.63) is 29.3 Å². The molecule has 5 nitrogen and oxygen atoms in total. The van der Waals surface area contributed by atoms with E-state index in [4.69, 9.17) is 9.47 Å². The van der Waals surface area contributed by atoms with Crippen LogP contribution >= 0.6 is 0 Å². The highest BCUT2D eigenvalue weighted by atomic mass is 16.5. The number of hydrogen-bond acceptors (Lipinski definition) is 3. The van der Waals surface area contributed by atoms with Crippen LogP contribution in [0.15, 0.2) is 23.2 Å². The van der Waals surface area contributed by atoms with Gasteiger partial charge in [0, 0.05) is 25.3 Å². The standard InChI is InChI=1S/C19H31N3O2/c1-4-20-19(21-10-11-23-14-16-7-8-16)22-13-17-9-6-15(3)12-18(17)24-5-2/h6,9,12,16H,4-5,7-8,10-11,13-14H2,1-3H3,(H2,20,21,22). The molecule has 0 aromatic heterocycles. The molecule has 0 radical (unpaired) electrons. The minimum Gasteiger partial charge on any atom is -0.494 e. The van der Waals surface area contributed by atoms with Crippen molar-refractivity contribution in [2.45, 2.75) is 40.2 Å². The molecule has 1 aliphatic rings. The Hall–Kier alpha value is -1.75. The van der Waals surface area contributed by atoms with Crippen molar-refractivity contribution in [3.8, 4) is 5.75 Å². The third-order valence-electron chi connectivity index (χ3n) is 3.86. The number of benzene rings is 1. The second-order valence-corrected chi connectivity index (χ2v) is 6.18. The Bertz CT molecular complexity index is 527. The van der Waals surface area contributed by atoms with Gasteiger partial charge < -0.3 is 20.1 Å². The van der Waals surface area contributed by atoms with Crippen molar-refractivity contribution < 1.29 is 9.47 Å². The molecule has 1 saturated carbocycles. The van der Waals surface area contributed by atoms with E-state index in [1.807, 2.05) is 6.92 Å². The van der Waals surface area contributed by atoms with Crippen molar-refractivity contribution in [2.75, 3.05) is 32.9 Å². The minimum absolute atomic E-state index is 0.591. The number of guanidine groups is 1. The first-order valence-electron chi connectivity index (χ1n) is 9.05. The molecule has 0 spiro atoms. The molecule has 0 heterocycles. The summed E-state index contributed by atoms with van der Waals surface area (Å²) in [4.78, 5) is 4.66. The fraction of sp³-hybridized carbons (Fsp3) is 0.632. The summed E-state index contributed by atoms with van der Waals surface area (Å²) in [6.07, 6.45) is 2.66. The van der Waals surface area contributed by atoms with Gasteiger partial charge in [0.05, 0.1) is 19.8 Å². The van der Waals surface area contributed by atoms with Crippen LogP contribution in [0.4, 0.5) is 0 Å². The lowest BCUT2D eigenvalue weighted by molar-refractivity contribution is 0.129. The van der Waals surface area contributed by atoms with E-state index in [0.29, 0.717) is 13.2 Å². The van der Waals surface area contributed by atoms with Gasteiger partial charge in [0.15, 0.2) is 5.96 Å². The molecule has 2 rings (SSSR count). The third-order valence-corrected chi connectivity index (χ3v) is 3.86. The highest BCUT2D eigenvalue weighted by molar-refractivity contribution is 5.79. The van der Waals surface area contributed by atoms with Crippen molar-refractivity contribution in [1.29, 1.82) is 0 Å². The second-order valence-electron chi connectivity index (χ2n) is 6.18. The van der Waals surface area contributed by atoms with Gasteiger partial charge in [-0.1, -0.05) is 12.1 Å². The van der Waals surface area contributed by atoms with Crippen molar-refractivity contribution in [2.24, 2.45) is 10.9 Å². The van der Waals surface area contributed by atoms with E-state index in [9.17, 15) is 0 Å². The van der Waals surface area contributed by atoms with E-state index >= 15 is 0 Å². The predicted molar refractivity (Wildman–Crippen MR) is 98.7 cm³/mol. The normalized spacial score (nSPS) is 14.5. The van der Waals surface area contributed by atoms with Gasteiger partial charge in [-0.15, -0.1) is 0 Å². The lowest BCUT2D eigenvalue weighted by atomic mass is 10.1. The quantitative estimate of drug-likeness (QED) is 0.393. The van der Waals surface area contributed by atoms with Gasteiger partial charge >= 0.3 is 0 Å². The van der Waals surface area contributed by atoms with Crippen LogP contribution < -0.4 is 15.4 Å². The highest BCUT2D eigenvalue weighted by Gasteiger charge is 2.20. The van der Waals surface area contributed by atoms with Gasteiger partial charge in [0.1, 0.15) is 5.75 Å². The summed E-state index contributed by atoms with van der Waals surface area (Å²) in [7, 11) is 0. The first-order valence-corrected chi connectivity index (χ1v) is 9.05. The zero-order valence-corrected chi connectivity index (χ0v) is 15.2. The molecule has 2 N–H and O–H groups in total. The fourth-order valence-electron chi connectivity index (χ4n) is 2.36. The molecule has 5 heteroatoms.